The highest BCUT2D eigenvalue weighted by molar-refractivity contribution is 5.98. The predicted molar refractivity (Wildman–Crippen MR) is 95.4 cm³/mol. The summed E-state index contributed by atoms with van der Waals surface area (Å²) in [5, 5.41) is 0. The Kier molecular flexibility index (Phi) is 4.21. The highest BCUT2D eigenvalue weighted by Crippen LogP contribution is 2.24. The lowest BCUT2D eigenvalue weighted by Gasteiger charge is -2.17. The molecular weight excluding hydrogens is 314 g/mol. The Morgan fingerprint density at radius 2 is 1.80 bits per heavy atom. The van der Waals surface area contributed by atoms with Gasteiger partial charge in [-0.15, -0.1) is 0 Å². The number of hydrogen-bond acceptors (Lipinski definition) is 3. The van der Waals surface area contributed by atoms with Crippen LogP contribution in [0, 0.1) is 0 Å². The molecule has 126 valence electrons. The maximum absolute atomic E-state index is 12.9. The maximum atomic E-state index is 12.9. The number of benzene rings is 2. The fourth-order valence-corrected chi connectivity index (χ4v) is 3.13. The monoisotopic (exact) mass is 333 g/mol. The molecule has 1 atom stereocenters. The highest BCUT2D eigenvalue weighted by Gasteiger charge is 2.30. The van der Waals surface area contributed by atoms with Crippen LogP contribution < -0.4 is 4.74 Å². The second-order valence-electron chi connectivity index (χ2n) is 6.08. The Hall–Kier alpha value is -3.08. The lowest BCUT2D eigenvalue weighted by atomic mass is 10.1. The van der Waals surface area contributed by atoms with Gasteiger partial charge in [0, 0.05) is 18.5 Å². The number of rotatable bonds is 4. The van der Waals surface area contributed by atoms with E-state index in [9.17, 15) is 4.79 Å². The highest BCUT2D eigenvalue weighted by atomic mass is 16.5. The molecular formula is C20H19N3O2. The summed E-state index contributed by atoms with van der Waals surface area (Å²) in [7, 11) is 0. The van der Waals surface area contributed by atoms with Crippen LogP contribution >= 0.6 is 0 Å². The molecule has 2 aromatic carbocycles. The number of hydrogen-bond donors (Lipinski definition) is 1. The molecule has 1 amide bonds. The molecule has 5 nitrogen and oxygen atoms in total. The van der Waals surface area contributed by atoms with E-state index >= 15 is 0 Å². The van der Waals surface area contributed by atoms with Gasteiger partial charge in [-0.2, -0.15) is 0 Å². The lowest BCUT2D eigenvalue weighted by molar-refractivity contribution is 0.0768. The molecule has 0 radical (unpaired) electrons. The van der Waals surface area contributed by atoms with E-state index in [1.165, 1.54) is 0 Å². The van der Waals surface area contributed by atoms with Gasteiger partial charge in [0.15, 0.2) is 0 Å². The number of likely N-dealkylation sites (tertiary alicyclic amines) is 1. The molecule has 1 N–H and O–H groups in total. The van der Waals surface area contributed by atoms with Crippen molar-refractivity contribution in [3.8, 4) is 17.0 Å². The van der Waals surface area contributed by atoms with Crippen LogP contribution in [-0.4, -0.2) is 40.0 Å². The first-order chi connectivity index (χ1) is 12.3. The molecule has 0 saturated carbocycles. The van der Waals surface area contributed by atoms with Gasteiger partial charge in [-0.3, -0.25) is 4.79 Å². The number of amides is 1. The van der Waals surface area contributed by atoms with E-state index < -0.39 is 0 Å². The zero-order valence-electron chi connectivity index (χ0n) is 13.8. The van der Waals surface area contributed by atoms with Crippen molar-refractivity contribution in [2.45, 2.75) is 12.5 Å². The van der Waals surface area contributed by atoms with E-state index in [0.29, 0.717) is 24.5 Å². The van der Waals surface area contributed by atoms with Crippen molar-refractivity contribution < 1.29 is 9.53 Å². The van der Waals surface area contributed by atoms with Crippen LogP contribution in [0.1, 0.15) is 16.9 Å². The largest absolute Gasteiger partial charge is 0.489 e. The minimum absolute atomic E-state index is 0.0226. The average Bonchev–Trinajstić information content (AvgIpc) is 3.32. The van der Waals surface area contributed by atoms with Crippen molar-refractivity contribution in [3.63, 3.8) is 0 Å². The first-order valence-corrected chi connectivity index (χ1v) is 8.41. The molecule has 5 heteroatoms. The Morgan fingerprint density at radius 3 is 2.56 bits per heavy atom. The predicted octanol–water partition coefficient (Wildman–Crippen LogP) is 3.37. The summed E-state index contributed by atoms with van der Waals surface area (Å²) in [6.07, 6.45) is 2.42. The molecule has 0 spiro atoms. The topological polar surface area (TPSA) is 58.2 Å². The van der Waals surface area contributed by atoms with Gasteiger partial charge in [0.05, 0.1) is 12.9 Å². The Labute approximate surface area is 146 Å². The summed E-state index contributed by atoms with van der Waals surface area (Å²) in [6, 6.07) is 19.5. The number of nitrogens with zero attached hydrogens (tertiary/aromatic N) is 2. The van der Waals surface area contributed by atoms with Crippen LogP contribution in [0.15, 0.2) is 67.0 Å². The lowest BCUT2D eigenvalue weighted by Crippen LogP contribution is -2.31. The van der Waals surface area contributed by atoms with Crippen LogP contribution in [0.4, 0.5) is 0 Å². The quantitative estimate of drug-likeness (QED) is 0.796. The van der Waals surface area contributed by atoms with E-state index in [-0.39, 0.29) is 12.0 Å². The maximum Gasteiger partial charge on any atom is 0.272 e. The van der Waals surface area contributed by atoms with Gasteiger partial charge in [-0.1, -0.05) is 48.5 Å². The first kappa shape index (κ1) is 15.4. The van der Waals surface area contributed by atoms with Crippen molar-refractivity contribution >= 4 is 5.91 Å². The summed E-state index contributed by atoms with van der Waals surface area (Å²) in [5.74, 6) is 0.809. The van der Waals surface area contributed by atoms with E-state index in [1.807, 2.05) is 65.6 Å². The Bertz CT molecular complexity index is 846. The van der Waals surface area contributed by atoms with E-state index in [4.69, 9.17) is 4.74 Å². The molecule has 1 fully saturated rings. The molecule has 3 aromatic rings. The number of nitrogens with one attached hydrogen (secondary N) is 1. The number of imidazole rings is 1. The van der Waals surface area contributed by atoms with Crippen molar-refractivity contribution in [1.82, 2.24) is 14.9 Å². The van der Waals surface area contributed by atoms with E-state index in [0.717, 1.165) is 17.7 Å². The molecule has 1 saturated heterocycles. The third-order valence-electron chi connectivity index (χ3n) is 4.38. The zero-order valence-corrected chi connectivity index (χ0v) is 13.8. The van der Waals surface area contributed by atoms with Gasteiger partial charge in [-0.25, -0.2) is 4.98 Å². The van der Waals surface area contributed by atoms with Gasteiger partial charge in [-0.05, 0) is 12.1 Å². The van der Waals surface area contributed by atoms with E-state index in [2.05, 4.69) is 9.97 Å². The number of para-hydroxylation sites is 1. The standard InChI is InChI=1S/C20H19N3O2/c24-20(19-18(21-14-22-19)15-7-3-1-4-8-15)23-12-11-17(13-23)25-16-9-5-2-6-10-16/h1-10,14,17H,11-13H2,(H,21,22)/t17-/m1/s1. The average molecular weight is 333 g/mol. The zero-order chi connectivity index (χ0) is 17.1. The van der Waals surface area contributed by atoms with E-state index in [1.54, 1.807) is 6.33 Å². The van der Waals surface area contributed by atoms with Crippen LogP contribution in [0.5, 0.6) is 5.75 Å². The van der Waals surface area contributed by atoms with Gasteiger partial charge < -0.3 is 14.6 Å². The third-order valence-corrected chi connectivity index (χ3v) is 4.38. The van der Waals surface area contributed by atoms with Gasteiger partial charge >= 0.3 is 0 Å². The molecule has 0 aliphatic carbocycles. The molecule has 25 heavy (non-hydrogen) atoms. The molecule has 1 aromatic heterocycles. The van der Waals surface area contributed by atoms with Crippen LogP contribution in [0.25, 0.3) is 11.3 Å². The number of aromatic amines is 1. The summed E-state index contributed by atoms with van der Waals surface area (Å²) in [6.45, 7) is 1.27. The van der Waals surface area contributed by atoms with Gasteiger partial charge in [0.1, 0.15) is 23.2 Å². The minimum atomic E-state index is -0.0319. The number of ether oxygens (including phenoxy) is 1. The summed E-state index contributed by atoms with van der Waals surface area (Å²) in [4.78, 5) is 22.1. The minimum Gasteiger partial charge on any atom is -0.489 e. The van der Waals surface area contributed by atoms with Gasteiger partial charge in [0.25, 0.3) is 5.91 Å². The van der Waals surface area contributed by atoms with Gasteiger partial charge in [0.2, 0.25) is 0 Å². The summed E-state index contributed by atoms with van der Waals surface area (Å²) in [5.41, 5.74) is 2.16. The molecule has 4 rings (SSSR count). The SMILES string of the molecule is O=C(c1[nH]cnc1-c1ccccc1)N1CC[C@@H](Oc2ccccc2)C1. The number of aromatic nitrogens is 2. The number of carbonyl (C=O) groups is 1. The smallest absolute Gasteiger partial charge is 0.272 e. The molecule has 2 heterocycles. The fraction of sp³-hybridized carbons (Fsp3) is 0.200. The van der Waals surface area contributed by atoms with Crippen molar-refractivity contribution in [2.75, 3.05) is 13.1 Å². The second-order valence-corrected chi connectivity index (χ2v) is 6.08. The van der Waals surface area contributed by atoms with Crippen LogP contribution in [0.2, 0.25) is 0 Å². The summed E-state index contributed by atoms with van der Waals surface area (Å²) >= 11 is 0. The first-order valence-electron chi connectivity index (χ1n) is 8.41. The molecule has 0 unspecified atom stereocenters. The molecule has 1 aliphatic heterocycles. The van der Waals surface area contributed by atoms with Crippen LogP contribution in [0.3, 0.4) is 0 Å². The van der Waals surface area contributed by atoms with Crippen molar-refractivity contribution in [3.05, 3.63) is 72.7 Å². The summed E-state index contributed by atoms with van der Waals surface area (Å²) < 4.78 is 5.97. The number of H-pyrrole nitrogens is 1. The Morgan fingerprint density at radius 1 is 1.08 bits per heavy atom. The van der Waals surface area contributed by atoms with Crippen LogP contribution in [-0.2, 0) is 0 Å². The molecule has 0 bridgehead atoms. The van der Waals surface area contributed by atoms with Crippen molar-refractivity contribution in [1.29, 1.82) is 0 Å². The molecule has 1 aliphatic rings. The second kappa shape index (κ2) is 6.81. The number of carbonyl (C=O) groups excluding carboxylic acids is 1. The normalized spacial score (nSPS) is 16.8. The Balaban J connectivity index is 1.47. The van der Waals surface area contributed by atoms with Crippen molar-refractivity contribution in [2.24, 2.45) is 0 Å². The fourth-order valence-electron chi connectivity index (χ4n) is 3.13. The third kappa shape index (κ3) is 3.26.